The van der Waals surface area contributed by atoms with Gasteiger partial charge < -0.3 is 9.88 Å². The Morgan fingerprint density at radius 1 is 1.30 bits per heavy atom. The molecule has 0 amide bonds. The fourth-order valence-electron chi connectivity index (χ4n) is 3.25. The van der Waals surface area contributed by atoms with E-state index in [4.69, 9.17) is 11.6 Å². The van der Waals surface area contributed by atoms with Crippen LogP contribution in [-0.4, -0.2) is 45.0 Å². The predicted octanol–water partition coefficient (Wildman–Crippen LogP) is 2.55. The summed E-state index contributed by atoms with van der Waals surface area (Å²) in [6, 6.07) is 5.07. The van der Waals surface area contributed by atoms with E-state index in [2.05, 4.69) is 24.9 Å². The molecule has 3 aromatic rings. The molecular weight excluding hydrogens is 368 g/mol. The van der Waals surface area contributed by atoms with Crippen LogP contribution >= 0.6 is 11.6 Å². The van der Waals surface area contributed by atoms with Gasteiger partial charge >= 0.3 is 0 Å². The summed E-state index contributed by atoms with van der Waals surface area (Å²) in [5.74, 6) is 0.532. The fraction of sp³-hybridized carbons (Fsp3) is 0.222. The van der Waals surface area contributed by atoms with Crippen molar-refractivity contribution in [3.63, 3.8) is 0 Å². The van der Waals surface area contributed by atoms with Gasteiger partial charge in [0.1, 0.15) is 23.2 Å². The fourth-order valence-corrected chi connectivity index (χ4v) is 3.46. The summed E-state index contributed by atoms with van der Waals surface area (Å²) in [7, 11) is 0. The molecule has 27 heavy (non-hydrogen) atoms. The van der Waals surface area contributed by atoms with E-state index in [0.717, 1.165) is 19.4 Å². The second-order valence-corrected chi connectivity index (χ2v) is 6.51. The van der Waals surface area contributed by atoms with Gasteiger partial charge in [0.15, 0.2) is 6.29 Å². The van der Waals surface area contributed by atoms with Gasteiger partial charge in [-0.3, -0.25) is 14.6 Å². The van der Waals surface area contributed by atoms with Gasteiger partial charge in [0, 0.05) is 12.8 Å². The first-order chi connectivity index (χ1) is 13.2. The molecule has 0 bridgehead atoms. The Balaban J connectivity index is 1.71. The van der Waals surface area contributed by atoms with Crippen LogP contribution in [0.25, 0.3) is 11.0 Å². The topological polar surface area (TPSA) is 104 Å². The molecule has 0 spiro atoms. The zero-order valence-corrected chi connectivity index (χ0v) is 14.9. The van der Waals surface area contributed by atoms with E-state index in [1.807, 2.05) is 4.90 Å². The Morgan fingerprint density at radius 3 is 3.04 bits per heavy atom. The van der Waals surface area contributed by atoms with Crippen molar-refractivity contribution in [1.29, 1.82) is 0 Å². The number of rotatable bonds is 4. The Hall–Kier alpha value is -3.13. The van der Waals surface area contributed by atoms with Gasteiger partial charge in [-0.05, 0) is 25.0 Å². The molecule has 4 rings (SSSR count). The number of H-pyrrole nitrogens is 1. The third-order valence-corrected chi connectivity index (χ3v) is 4.86. The molecule has 9 heteroatoms. The van der Waals surface area contributed by atoms with Crippen molar-refractivity contribution in [3.8, 4) is 0 Å². The van der Waals surface area contributed by atoms with Crippen LogP contribution in [0, 0.1) is 0 Å². The van der Waals surface area contributed by atoms with Gasteiger partial charge in [-0.1, -0.05) is 17.7 Å². The summed E-state index contributed by atoms with van der Waals surface area (Å²) in [4.78, 5) is 45.1. The molecule has 1 aromatic carbocycles. The first kappa shape index (κ1) is 17.3. The lowest BCUT2D eigenvalue weighted by molar-refractivity contribution is 0.112. The molecule has 1 aliphatic heterocycles. The molecule has 0 aliphatic carbocycles. The average molecular weight is 383 g/mol. The summed E-state index contributed by atoms with van der Waals surface area (Å²) in [6.07, 6.45) is 6.99. The number of fused-ring (bicyclic) bond motifs is 1. The first-order valence-corrected chi connectivity index (χ1v) is 8.79. The van der Waals surface area contributed by atoms with Gasteiger partial charge in [0.2, 0.25) is 0 Å². The third-order valence-electron chi connectivity index (χ3n) is 4.53. The van der Waals surface area contributed by atoms with Crippen molar-refractivity contribution in [1.82, 2.24) is 19.9 Å². The van der Waals surface area contributed by atoms with Gasteiger partial charge in [0.25, 0.3) is 5.56 Å². The molecule has 1 saturated heterocycles. The molecule has 2 aromatic heterocycles. The molecule has 1 atom stereocenters. The van der Waals surface area contributed by atoms with Crippen LogP contribution in [0.4, 0.5) is 11.5 Å². The molecule has 8 nitrogen and oxygen atoms in total. The van der Waals surface area contributed by atoms with Crippen molar-refractivity contribution in [2.24, 2.45) is 4.99 Å². The number of aromatic nitrogens is 4. The minimum atomic E-state index is -0.375. The number of hydrogen-bond donors (Lipinski definition) is 1. The highest BCUT2D eigenvalue weighted by Crippen LogP contribution is 2.28. The molecule has 1 aliphatic rings. The van der Waals surface area contributed by atoms with Crippen molar-refractivity contribution in [2.75, 3.05) is 11.4 Å². The number of benzene rings is 1. The summed E-state index contributed by atoms with van der Waals surface area (Å²) in [5, 5.41) is 0.721. The van der Waals surface area contributed by atoms with E-state index < -0.39 is 0 Å². The van der Waals surface area contributed by atoms with Crippen LogP contribution in [0.1, 0.15) is 23.2 Å². The van der Waals surface area contributed by atoms with Crippen LogP contribution in [0.15, 0.2) is 40.6 Å². The highest BCUT2D eigenvalue weighted by atomic mass is 35.5. The maximum Gasteiger partial charge on any atom is 0.285 e. The van der Waals surface area contributed by atoms with E-state index in [1.54, 1.807) is 24.4 Å². The van der Waals surface area contributed by atoms with Crippen molar-refractivity contribution >= 4 is 46.6 Å². The minimum Gasteiger partial charge on any atom is -0.348 e. The normalized spacial score (nSPS) is 17.1. The standard InChI is InChI=1S/C18H15ClN6O2/c19-13-4-1-5-14(12(13)8-26)20-7-11-3-2-6-25(11)17-15-16(21-9-23-17)22-10-24-18(15)27/h1,4-5,7-11H,2-3,6H2,(H,21,22,23,24,27)/b20-7+/t11-/m0/s1. The maximum absolute atomic E-state index is 12.2. The van der Waals surface area contributed by atoms with Crippen LogP contribution in [0.5, 0.6) is 0 Å². The summed E-state index contributed by atoms with van der Waals surface area (Å²) in [5.41, 5.74) is 0.935. The second kappa shape index (κ2) is 7.24. The van der Waals surface area contributed by atoms with Crippen molar-refractivity contribution < 1.29 is 4.79 Å². The van der Waals surface area contributed by atoms with Gasteiger partial charge in [-0.15, -0.1) is 0 Å². The van der Waals surface area contributed by atoms with Crippen LogP contribution < -0.4 is 10.5 Å². The number of nitrogens with zero attached hydrogens (tertiary/aromatic N) is 5. The summed E-state index contributed by atoms with van der Waals surface area (Å²) in [6.45, 7) is 0.729. The molecule has 3 heterocycles. The Kier molecular flexibility index (Phi) is 4.64. The highest BCUT2D eigenvalue weighted by Gasteiger charge is 2.27. The summed E-state index contributed by atoms with van der Waals surface area (Å²) < 4.78 is 0. The number of aldehydes is 1. The maximum atomic E-state index is 12.2. The van der Waals surface area contributed by atoms with Crippen LogP contribution in [0.2, 0.25) is 5.02 Å². The Morgan fingerprint density at radius 2 is 2.19 bits per heavy atom. The predicted molar refractivity (Wildman–Crippen MR) is 103 cm³/mol. The molecule has 0 unspecified atom stereocenters. The molecular formula is C18H15ClN6O2. The minimum absolute atomic E-state index is 0.0683. The number of halogens is 1. The number of hydrogen-bond acceptors (Lipinski definition) is 7. The SMILES string of the molecule is O=Cc1c(Cl)cccc1/N=C/[C@@H]1CCCN1c1ncnc2[nH]cnc(=O)c12. The number of aliphatic imine (C=N–C) groups is 1. The number of nitrogens with one attached hydrogen (secondary N) is 1. The lowest BCUT2D eigenvalue weighted by Gasteiger charge is -2.23. The monoisotopic (exact) mass is 382 g/mol. The number of carbonyl (C=O) groups is 1. The van der Waals surface area contributed by atoms with E-state index >= 15 is 0 Å². The Labute approximate surface area is 159 Å². The average Bonchev–Trinajstić information content (AvgIpc) is 3.14. The van der Waals surface area contributed by atoms with E-state index in [0.29, 0.717) is 39.4 Å². The van der Waals surface area contributed by atoms with E-state index in [9.17, 15) is 9.59 Å². The molecule has 1 fully saturated rings. The van der Waals surface area contributed by atoms with Crippen LogP contribution in [-0.2, 0) is 0 Å². The van der Waals surface area contributed by atoms with E-state index in [-0.39, 0.29) is 11.6 Å². The quantitative estimate of drug-likeness (QED) is 0.549. The lowest BCUT2D eigenvalue weighted by atomic mass is 10.2. The summed E-state index contributed by atoms with van der Waals surface area (Å²) >= 11 is 6.05. The van der Waals surface area contributed by atoms with E-state index in [1.165, 1.54) is 12.7 Å². The number of anilines is 1. The van der Waals surface area contributed by atoms with Gasteiger partial charge in [-0.25, -0.2) is 9.97 Å². The highest BCUT2D eigenvalue weighted by molar-refractivity contribution is 6.33. The molecule has 1 N–H and O–H groups in total. The van der Waals surface area contributed by atoms with Crippen LogP contribution in [0.3, 0.4) is 0 Å². The Bertz CT molecular complexity index is 1090. The smallest absolute Gasteiger partial charge is 0.285 e. The zero-order chi connectivity index (χ0) is 18.8. The second-order valence-electron chi connectivity index (χ2n) is 6.10. The van der Waals surface area contributed by atoms with Gasteiger partial charge in [-0.2, -0.15) is 4.98 Å². The zero-order valence-electron chi connectivity index (χ0n) is 14.2. The molecule has 136 valence electrons. The lowest BCUT2D eigenvalue weighted by Crippen LogP contribution is -2.32. The van der Waals surface area contributed by atoms with Crippen molar-refractivity contribution in [3.05, 3.63) is 51.8 Å². The molecule has 0 radical (unpaired) electrons. The van der Waals surface area contributed by atoms with Gasteiger partial charge in [0.05, 0.1) is 28.6 Å². The van der Waals surface area contributed by atoms with Crippen molar-refractivity contribution in [2.45, 2.75) is 18.9 Å². The largest absolute Gasteiger partial charge is 0.348 e. The first-order valence-electron chi connectivity index (χ1n) is 8.42. The number of aromatic amines is 1. The molecule has 0 saturated carbocycles. The third kappa shape index (κ3) is 3.19. The number of carbonyl (C=O) groups excluding carboxylic acids is 1.